The number of hydrogen-bond donors (Lipinski definition) is 3. The highest BCUT2D eigenvalue weighted by molar-refractivity contribution is 6.13. The number of carbonyl (C=O) groups is 2. The average Bonchev–Trinajstić information content (AvgIpc) is 3.30. The Morgan fingerprint density at radius 2 is 1.97 bits per heavy atom. The lowest BCUT2D eigenvalue weighted by atomic mass is 10.1. The van der Waals surface area contributed by atoms with Crippen molar-refractivity contribution in [3.05, 3.63) is 23.7 Å². The first-order valence-electron chi connectivity index (χ1n) is 9.50. The molecule has 0 radical (unpaired) electrons. The van der Waals surface area contributed by atoms with E-state index >= 15 is 0 Å². The molecule has 3 fully saturated rings. The number of halogens is 2. The van der Waals surface area contributed by atoms with E-state index in [1.807, 2.05) is 11.0 Å². The molecule has 3 aliphatic rings. The van der Waals surface area contributed by atoms with Crippen LogP contribution in [0.1, 0.15) is 31.4 Å². The van der Waals surface area contributed by atoms with E-state index in [1.165, 1.54) is 6.08 Å². The summed E-state index contributed by atoms with van der Waals surface area (Å²) in [6, 6.07) is 1.61. The van der Waals surface area contributed by atoms with Gasteiger partial charge in [-0.15, -0.1) is 5.10 Å². The van der Waals surface area contributed by atoms with Crippen LogP contribution < -0.4 is 20.9 Å². The number of piperidine rings is 1. The molecule has 1 saturated carbocycles. The molecule has 0 unspecified atom stereocenters. The fourth-order valence-corrected chi connectivity index (χ4v) is 3.47. The fraction of sp³-hybridized carbons (Fsp3) is 0.444. The minimum atomic E-state index is -2.64. The lowest BCUT2D eigenvalue weighted by molar-refractivity contribution is -0.115. The van der Waals surface area contributed by atoms with Crippen molar-refractivity contribution in [1.82, 2.24) is 25.2 Å². The Kier molecular flexibility index (Phi) is 3.93. The number of hydrogen-bond acceptors (Lipinski definition) is 6. The Labute approximate surface area is 164 Å². The second-order valence-electron chi connectivity index (χ2n) is 7.56. The highest BCUT2D eigenvalue weighted by Gasteiger charge is 2.35. The largest absolute Gasteiger partial charge is 0.379 e. The number of anilines is 2. The number of imide groups is 1. The van der Waals surface area contributed by atoms with Crippen LogP contribution in [0.2, 0.25) is 0 Å². The second-order valence-corrected chi connectivity index (χ2v) is 7.56. The molecule has 0 spiro atoms. The number of urea groups is 1. The molecule has 0 bridgehead atoms. The maximum absolute atomic E-state index is 13.6. The minimum Gasteiger partial charge on any atom is -0.379 e. The quantitative estimate of drug-likeness (QED) is 0.531. The molecule has 152 valence electrons. The standard InChI is InChI=1S/C18H19F2N7O2/c19-18(20)3-5-26(6-4-18)14-8-12(22-10-1-2-10)15-21-9-11(27(15)25-14)7-13-16(28)24-17(29)23-13/h7-10,22H,1-6H2,(H2,23,24,28,29). The van der Waals surface area contributed by atoms with Crippen LogP contribution in [0, 0.1) is 0 Å². The highest BCUT2D eigenvalue weighted by Crippen LogP contribution is 2.33. The Hall–Kier alpha value is -3.24. The molecule has 2 aromatic heterocycles. The first-order valence-corrected chi connectivity index (χ1v) is 9.50. The van der Waals surface area contributed by atoms with Crippen LogP contribution in [0.4, 0.5) is 25.1 Å². The molecule has 1 aliphatic carbocycles. The van der Waals surface area contributed by atoms with Gasteiger partial charge in [-0.1, -0.05) is 0 Å². The SMILES string of the molecule is O=C1NC(=O)C(=Cc2cnc3c(NC4CC4)cc(N4CCC(F)(F)CC4)nn23)N1. The molecule has 3 amide bonds. The summed E-state index contributed by atoms with van der Waals surface area (Å²) in [5.41, 5.74) is 1.92. The third-order valence-electron chi connectivity index (χ3n) is 5.25. The van der Waals surface area contributed by atoms with E-state index in [-0.39, 0.29) is 31.6 Å². The fourth-order valence-electron chi connectivity index (χ4n) is 3.47. The van der Waals surface area contributed by atoms with E-state index in [4.69, 9.17) is 0 Å². The van der Waals surface area contributed by atoms with Gasteiger partial charge in [0, 0.05) is 38.0 Å². The Balaban J connectivity index is 1.55. The molecule has 11 heteroatoms. The van der Waals surface area contributed by atoms with Crippen molar-refractivity contribution in [2.24, 2.45) is 0 Å². The lowest BCUT2D eigenvalue weighted by Gasteiger charge is -2.32. The van der Waals surface area contributed by atoms with Crippen LogP contribution in [0.15, 0.2) is 18.0 Å². The van der Waals surface area contributed by atoms with Gasteiger partial charge >= 0.3 is 6.03 Å². The summed E-state index contributed by atoms with van der Waals surface area (Å²) in [5.74, 6) is -2.61. The zero-order valence-electron chi connectivity index (χ0n) is 15.4. The zero-order chi connectivity index (χ0) is 20.2. The molecule has 2 saturated heterocycles. The summed E-state index contributed by atoms with van der Waals surface area (Å²) in [6.07, 6.45) is 4.73. The molecule has 2 aliphatic heterocycles. The molecule has 0 atom stereocenters. The maximum atomic E-state index is 13.6. The molecule has 0 aromatic carbocycles. The van der Waals surface area contributed by atoms with Crippen LogP contribution in [-0.4, -0.2) is 51.6 Å². The number of aromatic nitrogens is 3. The topological polar surface area (TPSA) is 104 Å². The predicted molar refractivity (Wildman–Crippen MR) is 101 cm³/mol. The Morgan fingerprint density at radius 3 is 2.62 bits per heavy atom. The summed E-state index contributed by atoms with van der Waals surface area (Å²) in [7, 11) is 0. The van der Waals surface area contributed by atoms with Crippen molar-refractivity contribution in [3.8, 4) is 0 Å². The highest BCUT2D eigenvalue weighted by atomic mass is 19.3. The number of imidazole rings is 1. The van der Waals surface area contributed by atoms with E-state index in [9.17, 15) is 18.4 Å². The van der Waals surface area contributed by atoms with Gasteiger partial charge in [0.2, 0.25) is 0 Å². The molecule has 3 N–H and O–H groups in total. The average molecular weight is 403 g/mol. The lowest BCUT2D eigenvalue weighted by Crippen LogP contribution is -2.40. The first-order chi connectivity index (χ1) is 13.9. The molecule has 5 rings (SSSR count). The Bertz CT molecular complexity index is 1030. The summed E-state index contributed by atoms with van der Waals surface area (Å²) in [6.45, 7) is 0.413. The van der Waals surface area contributed by atoms with E-state index in [2.05, 4.69) is 26.0 Å². The molecule has 29 heavy (non-hydrogen) atoms. The number of carbonyl (C=O) groups excluding carboxylic acids is 2. The van der Waals surface area contributed by atoms with Crippen LogP contribution >= 0.6 is 0 Å². The van der Waals surface area contributed by atoms with Gasteiger partial charge < -0.3 is 15.5 Å². The van der Waals surface area contributed by atoms with Gasteiger partial charge in [-0.25, -0.2) is 23.1 Å². The van der Waals surface area contributed by atoms with Gasteiger partial charge in [0.1, 0.15) is 5.70 Å². The summed E-state index contributed by atoms with van der Waals surface area (Å²) >= 11 is 0. The number of nitrogens with one attached hydrogen (secondary N) is 3. The van der Waals surface area contributed by atoms with Gasteiger partial charge in [0.25, 0.3) is 11.8 Å². The van der Waals surface area contributed by atoms with Gasteiger partial charge in [-0.3, -0.25) is 10.1 Å². The van der Waals surface area contributed by atoms with Crippen molar-refractivity contribution >= 4 is 35.2 Å². The number of nitrogens with zero attached hydrogens (tertiary/aromatic N) is 4. The predicted octanol–water partition coefficient (Wildman–Crippen LogP) is 1.72. The molecular weight excluding hydrogens is 384 g/mol. The van der Waals surface area contributed by atoms with Crippen molar-refractivity contribution < 1.29 is 18.4 Å². The van der Waals surface area contributed by atoms with E-state index < -0.39 is 17.9 Å². The van der Waals surface area contributed by atoms with Crippen molar-refractivity contribution in [2.45, 2.75) is 37.6 Å². The second kappa shape index (κ2) is 6.39. The summed E-state index contributed by atoms with van der Waals surface area (Å²) in [5, 5.41) is 12.6. The summed E-state index contributed by atoms with van der Waals surface area (Å²) in [4.78, 5) is 29.4. The smallest absolute Gasteiger partial charge is 0.326 e. The van der Waals surface area contributed by atoms with Crippen LogP contribution in [0.25, 0.3) is 11.7 Å². The van der Waals surface area contributed by atoms with Gasteiger partial charge in [0.15, 0.2) is 11.5 Å². The number of rotatable bonds is 4. The van der Waals surface area contributed by atoms with Gasteiger partial charge in [0.05, 0.1) is 17.6 Å². The minimum absolute atomic E-state index is 0.0957. The van der Waals surface area contributed by atoms with Crippen LogP contribution in [-0.2, 0) is 4.79 Å². The third-order valence-corrected chi connectivity index (χ3v) is 5.25. The normalized spacial score (nSPS) is 22.8. The molecule has 9 nitrogen and oxygen atoms in total. The van der Waals surface area contributed by atoms with Crippen molar-refractivity contribution in [2.75, 3.05) is 23.3 Å². The maximum Gasteiger partial charge on any atom is 0.326 e. The van der Waals surface area contributed by atoms with Crippen molar-refractivity contribution in [1.29, 1.82) is 0 Å². The van der Waals surface area contributed by atoms with Crippen molar-refractivity contribution in [3.63, 3.8) is 0 Å². The van der Waals surface area contributed by atoms with Crippen LogP contribution in [0.3, 0.4) is 0 Å². The van der Waals surface area contributed by atoms with E-state index in [1.54, 1.807) is 10.7 Å². The van der Waals surface area contributed by atoms with Crippen LogP contribution in [0.5, 0.6) is 0 Å². The molecule has 2 aromatic rings. The Morgan fingerprint density at radius 1 is 1.21 bits per heavy atom. The van der Waals surface area contributed by atoms with Gasteiger partial charge in [-0.2, -0.15) is 0 Å². The van der Waals surface area contributed by atoms with E-state index in [0.717, 1.165) is 18.5 Å². The summed E-state index contributed by atoms with van der Waals surface area (Å²) < 4.78 is 28.7. The van der Waals surface area contributed by atoms with Gasteiger partial charge in [-0.05, 0) is 18.9 Å². The van der Waals surface area contributed by atoms with E-state index in [0.29, 0.717) is 23.2 Å². The third kappa shape index (κ3) is 3.47. The molecular formula is C18H19F2N7O2. The first kappa shape index (κ1) is 17.8. The number of amides is 3. The number of fused-ring (bicyclic) bond motifs is 1. The molecule has 4 heterocycles. The zero-order valence-corrected chi connectivity index (χ0v) is 15.4. The monoisotopic (exact) mass is 403 g/mol. The number of alkyl halides is 2.